The van der Waals surface area contributed by atoms with Gasteiger partial charge >= 0.3 is 0 Å². The summed E-state index contributed by atoms with van der Waals surface area (Å²) in [5.74, 6) is 1.14. The molecule has 0 saturated carbocycles. The molecule has 5 nitrogen and oxygen atoms in total. The molecule has 2 rings (SSSR count). The van der Waals surface area contributed by atoms with Crippen LogP contribution in [0.2, 0.25) is 5.02 Å². The molecule has 0 radical (unpaired) electrons. The van der Waals surface area contributed by atoms with Crippen LogP contribution < -0.4 is 19.7 Å². The SMILES string of the molecule is COc1cc(N2CCC(NC(C)C)C2=O)c(OC)cc1Cl. The quantitative estimate of drug-likeness (QED) is 0.907. The molecule has 1 fully saturated rings. The molecule has 1 amide bonds. The average molecular weight is 313 g/mol. The van der Waals surface area contributed by atoms with Crippen LogP contribution >= 0.6 is 11.6 Å². The van der Waals surface area contributed by atoms with Crippen LogP contribution in [-0.4, -0.2) is 38.8 Å². The summed E-state index contributed by atoms with van der Waals surface area (Å²) in [5.41, 5.74) is 0.691. The maximum atomic E-state index is 12.5. The van der Waals surface area contributed by atoms with Crippen molar-refractivity contribution in [3.8, 4) is 11.5 Å². The van der Waals surface area contributed by atoms with Gasteiger partial charge in [0.25, 0.3) is 0 Å². The van der Waals surface area contributed by atoms with Crippen molar-refractivity contribution >= 4 is 23.2 Å². The third kappa shape index (κ3) is 3.24. The molecule has 1 heterocycles. The van der Waals surface area contributed by atoms with E-state index in [0.717, 1.165) is 6.42 Å². The Labute approximate surface area is 130 Å². The molecule has 0 spiro atoms. The number of carbonyl (C=O) groups is 1. The molecule has 1 aliphatic heterocycles. The number of halogens is 1. The van der Waals surface area contributed by atoms with Crippen LogP contribution in [0.5, 0.6) is 11.5 Å². The van der Waals surface area contributed by atoms with Gasteiger partial charge in [-0.05, 0) is 6.42 Å². The lowest BCUT2D eigenvalue weighted by molar-refractivity contribution is -0.119. The van der Waals surface area contributed by atoms with E-state index in [1.54, 1.807) is 31.3 Å². The number of anilines is 1. The van der Waals surface area contributed by atoms with Crippen molar-refractivity contribution in [2.75, 3.05) is 25.7 Å². The van der Waals surface area contributed by atoms with Gasteiger partial charge in [0.1, 0.15) is 11.5 Å². The molecule has 1 aromatic carbocycles. The normalized spacial score (nSPS) is 18.5. The second-order valence-corrected chi connectivity index (χ2v) is 5.72. The number of carbonyl (C=O) groups excluding carboxylic acids is 1. The van der Waals surface area contributed by atoms with E-state index in [0.29, 0.717) is 28.8 Å². The Balaban J connectivity index is 2.31. The highest BCUT2D eigenvalue weighted by molar-refractivity contribution is 6.32. The van der Waals surface area contributed by atoms with Gasteiger partial charge in [-0.2, -0.15) is 0 Å². The van der Waals surface area contributed by atoms with Gasteiger partial charge in [-0.25, -0.2) is 0 Å². The topological polar surface area (TPSA) is 50.8 Å². The van der Waals surface area contributed by atoms with Crippen LogP contribution in [0.15, 0.2) is 12.1 Å². The van der Waals surface area contributed by atoms with Gasteiger partial charge in [0.05, 0.1) is 31.0 Å². The fraction of sp³-hybridized carbons (Fsp3) is 0.533. The van der Waals surface area contributed by atoms with Crippen LogP contribution in [0.1, 0.15) is 20.3 Å². The zero-order valence-electron chi connectivity index (χ0n) is 12.8. The maximum Gasteiger partial charge on any atom is 0.244 e. The predicted molar refractivity (Wildman–Crippen MR) is 83.6 cm³/mol. The summed E-state index contributed by atoms with van der Waals surface area (Å²) in [6.45, 7) is 4.70. The molecule has 21 heavy (non-hydrogen) atoms. The molecule has 1 saturated heterocycles. The molecule has 1 aromatic rings. The second kappa shape index (κ2) is 6.54. The highest BCUT2D eigenvalue weighted by atomic mass is 35.5. The number of methoxy groups -OCH3 is 2. The van der Waals surface area contributed by atoms with Crippen LogP contribution in [0, 0.1) is 0 Å². The average Bonchev–Trinajstić information content (AvgIpc) is 2.79. The molecule has 0 aliphatic carbocycles. The number of hydrogen-bond donors (Lipinski definition) is 1. The van der Waals surface area contributed by atoms with Gasteiger partial charge < -0.3 is 19.7 Å². The van der Waals surface area contributed by atoms with Crippen molar-refractivity contribution in [3.63, 3.8) is 0 Å². The van der Waals surface area contributed by atoms with Crippen LogP contribution in [0.25, 0.3) is 0 Å². The third-order valence-corrected chi connectivity index (χ3v) is 3.78. The Morgan fingerprint density at radius 3 is 2.52 bits per heavy atom. The van der Waals surface area contributed by atoms with Gasteiger partial charge in [0, 0.05) is 24.7 Å². The Kier molecular flexibility index (Phi) is 4.96. The van der Waals surface area contributed by atoms with E-state index >= 15 is 0 Å². The Bertz CT molecular complexity index is 534. The Morgan fingerprint density at radius 2 is 1.95 bits per heavy atom. The molecule has 116 valence electrons. The van der Waals surface area contributed by atoms with Gasteiger partial charge in [0.2, 0.25) is 5.91 Å². The molecular formula is C15H21ClN2O3. The maximum absolute atomic E-state index is 12.5. The molecule has 1 aliphatic rings. The molecule has 0 bridgehead atoms. The first kappa shape index (κ1) is 15.9. The fourth-order valence-electron chi connectivity index (χ4n) is 2.53. The minimum absolute atomic E-state index is 0.0476. The zero-order chi connectivity index (χ0) is 15.6. The van der Waals surface area contributed by atoms with Crippen LogP contribution in [-0.2, 0) is 4.79 Å². The number of amides is 1. The summed E-state index contributed by atoms with van der Waals surface area (Å²) in [7, 11) is 3.11. The monoisotopic (exact) mass is 312 g/mol. The van der Waals surface area contributed by atoms with Crippen molar-refractivity contribution in [2.24, 2.45) is 0 Å². The summed E-state index contributed by atoms with van der Waals surface area (Å²) in [6, 6.07) is 3.53. The molecule has 1 unspecified atom stereocenters. The molecule has 0 aromatic heterocycles. The summed E-state index contributed by atoms with van der Waals surface area (Å²) < 4.78 is 10.6. The molecule has 1 atom stereocenters. The van der Waals surface area contributed by atoms with Crippen molar-refractivity contribution < 1.29 is 14.3 Å². The standard InChI is InChI=1S/C15H21ClN2O3/c1-9(2)17-11-5-6-18(15(11)19)12-8-13(20-3)10(16)7-14(12)21-4/h7-9,11,17H,5-6H2,1-4H3. The van der Waals surface area contributed by atoms with Crippen LogP contribution in [0.4, 0.5) is 5.69 Å². The summed E-state index contributed by atoms with van der Waals surface area (Å²) in [6.07, 6.45) is 0.769. The highest BCUT2D eigenvalue weighted by Gasteiger charge is 2.34. The van der Waals surface area contributed by atoms with Gasteiger partial charge in [-0.1, -0.05) is 25.4 Å². The summed E-state index contributed by atoms with van der Waals surface area (Å²) in [4.78, 5) is 14.2. The van der Waals surface area contributed by atoms with Gasteiger partial charge in [0.15, 0.2) is 0 Å². The van der Waals surface area contributed by atoms with E-state index < -0.39 is 0 Å². The minimum atomic E-state index is -0.156. The van der Waals surface area contributed by atoms with Gasteiger partial charge in [-0.3, -0.25) is 4.79 Å². The molecule has 6 heteroatoms. The molecule has 1 N–H and O–H groups in total. The first-order valence-electron chi connectivity index (χ1n) is 6.96. The van der Waals surface area contributed by atoms with E-state index in [-0.39, 0.29) is 18.0 Å². The number of hydrogen-bond acceptors (Lipinski definition) is 4. The van der Waals surface area contributed by atoms with Crippen molar-refractivity contribution in [1.82, 2.24) is 5.32 Å². The zero-order valence-corrected chi connectivity index (χ0v) is 13.5. The number of ether oxygens (including phenoxy) is 2. The first-order chi connectivity index (χ1) is 9.97. The third-order valence-electron chi connectivity index (χ3n) is 3.48. The summed E-state index contributed by atoms with van der Waals surface area (Å²) >= 11 is 6.10. The Hall–Kier alpha value is -1.46. The van der Waals surface area contributed by atoms with Gasteiger partial charge in [-0.15, -0.1) is 0 Å². The predicted octanol–water partition coefficient (Wildman–Crippen LogP) is 2.46. The van der Waals surface area contributed by atoms with E-state index in [1.165, 1.54) is 0 Å². The van der Waals surface area contributed by atoms with E-state index in [9.17, 15) is 4.79 Å². The number of nitrogens with zero attached hydrogens (tertiary/aromatic N) is 1. The van der Waals surface area contributed by atoms with Crippen molar-refractivity contribution in [3.05, 3.63) is 17.2 Å². The highest BCUT2D eigenvalue weighted by Crippen LogP contribution is 2.39. The van der Waals surface area contributed by atoms with E-state index in [4.69, 9.17) is 21.1 Å². The number of rotatable bonds is 5. The van der Waals surface area contributed by atoms with Crippen LogP contribution in [0.3, 0.4) is 0 Å². The second-order valence-electron chi connectivity index (χ2n) is 5.31. The number of benzene rings is 1. The van der Waals surface area contributed by atoms with E-state index in [1.807, 2.05) is 13.8 Å². The first-order valence-corrected chi connectivity index (χ1v) is 7.34. The lowest BCUT2D eigenvalue weighted by atomic mass is 10.2. The summed E-state index contributed by atoms with van der Waals surface area (Å²) in [5, 5.41) is 3.74. The lowest BCUT2D eigenvalue weighted by Crippen LogP contribution is -2.41. The van der Waals surface area contributed by atoms with Crippen molar-refractivity contribution in [1.29, 1.82) is 0 Å². The lowest BCUT2D eigenvalue weighted by Gasteiger charge is -2.21. The van der Waals surface area contributed by atoms with Crippen molar-refractivity contribution in [2.45, 2.75) is 32.4 Å². The smallest absolute Gasteiger partial charge is 0.244 e. The minimum Gasteiger partial charge on any atom is -0.495 e. The number of nitrogens with one attached hydrogen (secondary N) is 1. The molecular weight excluding hydrogens is 292 g/mol. The fourth-order valence-corrected chi connectivity index (χ4v) is 2.76. The van der Waals surface area contributed by atoms with E-state index in [2.05, 4.69) is 5.32 Å². The largest absolute Gasteiger partial charge is 0.495 e. The Morgan fingerprint density at radius 1 is 1.29 bits per heavy atom.